The van der Waals surface area contributed by atoms with Gasteiger partial charge in [0.2, 0.25) is 0 Å². The Balaban J connectivity index is 0. The molecule has 0 saturated carbocycles. The quantitative estimate of drug-likeness (QED) is 0.307. The van der Waals surface area contributed by atoms with Gasteiger partial charge in [-0.25, -0.2) is 0 Å². The van der Waals surface area contributed by atoms with Gasteiger partial charge in [0.15, 0.2) is 0 Å². The van der Waals surface area contributed by atoms with Gasteiger partial charge in [-0.05, 0) is 0 Å². The Labute approximate surface area is 53.3 Å². The van der Waals surface area contributed by atoms with Crippen molar-refractivity contribution in [1.29, 1.82) is 0 Å². The molecule has 0 aliphatic rings. The van der Waals surface area contributed by atoms with E-state index >= 15 is 0 Å². The maximum Gasteiger partial charge on any atom is 0.356 e. The SMILES string of the molecule is O=[N+]([O-])O[N+](=O)[O-].[Fe]. The third kappa shape index (κ3) is 8.93. The Hall–Kier alpha value is -0.881. The number of nitrogens with zero attached hydrogens (tertiary/aromatic N) is 2. The van der Waals surface area contributed by atoms with Gasteiger partial charge in [-0.3, -0.25) is 0 Å². The molecule has 0 aromatic rings. The molecule has 0 aliphatic carbocycles. The van der Waals surface area contributed by atoms with Crippen LogP contribution >= 0.6 is 0 Å². The van der Waals surface area contributed by atoms with Gasteiger partial charge in [0.25, 0.3) is 0 Å². The van der Waals surface area contributed by atoms with Crippen molar-refractivity contribution in [2.45, 2.75) is 0 Å². The molecule has 0 rings (SSSR count). The van der Waals surface area contributed by atoms with Crippen molar-refractivity contribution in [2.75, 3.05) is 0 Å². The van der Waals surface area contributed by atoms with E-state index in [2.05, 4.69) is 4.94 Å². The zero-order chi connectivity index (χ0) is 5.86. The fraction of sp³-hybridized carbons (Fsp3) is 0. The van der Waals surface area contributed by atoms with E-state index in [9.17, 15) is 0 Å². The summed E-state index contributed by atoms with van der Waals surface area (Å²) in [5, 5.41) is 14.9. The van der Waals surface area contributed by atoms with Crippen LogP contribution in [0.3, 0.4) is 0 Å². The normalized spacial score (nSPS) is 6.50. The van der Waals surface area contributed by atoms with E-state index in [4.69, 9.17) is 20.2 Å². The van der Waals surface area contributed by atoms with Gasteiger partial charge in [-0.2, -0.15) is 0 Å². The minimum Gasteiger partial charge on any atom is -0.105 e. The molecule has 0 unspecified atom stereocenters. The Morgan fingerprint density at radius 1 is 1.12 bits per heavy atom. The standard InChI is InChI=1S/Fe.N2O5/c;3-1(4)7-2(5)6. The van der Waals surface area contributed by atoms with E-state index in [0.717, 1.165) is 0 Å². The van der Waals surface area contributed by atoms with E-state index in [1.807, 2.05) is 0 Å². The van der Waals surface area contributed by atoms with Gasteiger partial charge < -0.3 is 0 Å². The summed E-state index contributed by atoms with van der Waals surface area (Å²) in [6, 6.07) is 0. The molecule has 0 radical (unpaired) electrons. The molecule has 0 aromatic carbocycles. The molecule has 0 heterocycles. The van der Waals surface area contributed by atoms with Crippen LogP contribution in [0.1, 0.15) is 0 Å². The predicted molar refractivity (Wildman–Crippen MR) is 15.1 cm³/mol. The van der Waals surface area contributed by atoms with Crippen molar-refractivity contribution < 1.29 is 32.2 Å². The molecule has 0 N–H and O–H groups in total. The third-order valence-corrected chi connectivity index (χ3v) is 0.133. The number of rotatable bonds is 2. The molecule has 0 saturated heterocycles. The first kappa shape index (κ1) is 10.2. The average molecular weight is 164 g/mol. The summed E-state index contributed by atoms with van der Waals surface area (Å²) in [6.07, 6.45) is 0. The van der Waals surface area contributed by atoms with E-state index in [0.29, 0.717) is 0 Å². The first-order chi connectivity index (χ1) is 3.13. The van der Waals surface area contributed by atoms with Gasteiger partial charge in [0.1, 0.15) is 0 Å². The molecule has 0 atom stereocenters. The van der Waals surface area contributed by atoms with E-state index in [-0.39, 0.29) is 17.1 Å². The molecular formula is FeN2O5. The van der Waals surface area contributed by atoms with Crippen LogP contribution in [0.4, 0.5) is 0 Å². The van der Waals surface area contributed by atoms with Crippen LogP contribution in [0, 0.1) is 20.2 Å². The van der Waals surface area contributed by atoms with Crippen LogP contribution < -0.4 is 0 Å². The first-order valence-electron chi connectivity index (χ1n) is 1.10. The van der Waals surface area contributed by atoms with Crippen LogP contribution in [0.2, 0.25) is 0 Å². The zero-order valence-corrected chi connectivity index (χ0v) is 4.39. The molecule has 0 bridgehead atoms. The maximum atomic E-state index is 8.95. The van der Waals surface area contributed by atoms with Gasteiger partial charge in [0.05, 0.1) is 0 Å². The predicted octanol–water partition coefficient (Wildman–Crippen LogP) is -0.616. The maximum absolute atomic E-state index is 8.95. The third-order valence-electron chi connectivity index (χ3n) is 0.133. The molecule has 0 aromatic heterocycles. The monoisotopic (exact) mass is 164 g/mol. The largest absolute Gasteiger partial charge is 0.356 e. The molecule has 0 amide bonds. The Kier molecular flexibility index (Phi) is 5.45. The van der Waals surface area contributed by atoms with Crippen molar-refractivity contribution in [3.8, 4) is 0 Å². The second-order valence-corrected chi connectivity index (χ2v) is 0.529. The van der Waals surface area contributed by atoms with E-state index in [1.165, 1.54) is 0 Å². The fourth-order valence-electron chi connectivity index (χ4n) is 0.0544. The summed E-state index contributed by atoms with van der Waals surface area (Å²) < 4.78 is 0. The summed E-state index contributed by atoms with van der Waals surface area (Å²) >= 11 is 0. The van der Waals surface area contributed by atoms with Crippen LogP contribution in [-0.2, 0) is 22.0 Å². The van der Waals surface area contributed by atoms with E-state index in [1.54, 1.807) is 0 Å². The second-order valence-electron chi connectivity index (χ2n) is 0.529. The van der Waals surface area contributed by atoms with Crippen LogP contribution in [0.15, 0.2) is 0 Å². The molecule has 0 spiro atoms. The average Bonchev–Trinajstić information content (AvgIpc) is 1.27. The summed E-state index contributed by atoms with van der Waals surface area (Å²) in [5.74, 6) is 0. The molecule has 8 heavy (non-hydrogen) atoms. The van der Waals surface area contributed by atoms with Gasteiger partial charge in [-0.1, -0.05) is 0 Å². The van der Waals surface area contributed by atoms with E-state index < -0.39 is 10.2 Å². The van der Waals surface area contributed by atoms with Crippen molar-refractivity contribution >= 4 is 0 Å². The van der Waals surface area contributed by atoms with Crippen molar-refractivity contribution in [1.82, 2.24) is 0 Å². The second kappa shape index (κ2) is 4.28. The summed E-state index contributed by atoms with van der Waals surface area (Å²) in [4.78, 5) is 20.6. The Bertz CT molecular complexity index is 86.6. The first-order valence-corrected chi connectivity index (χ1v) is 1.10. The summed E-state index contributed by atoms with van der Waals surface area (Å²) in [7, 11) is 0. The van der Waals surface area contributed by atoms with Crippen molar-refractivity contribution in [3.63, 3.8) is 0 Å². The zero-order valence-electron chi connectivity index (χ0n) is 3.29. The number of hydrogen-bond donors (Lipinski definition) is 0. The van der Waals surface area contributed by atoms with Crippen molar-refractivity contribution in [3.05, 3.63) is 20.2 Å². The van der Waals surface area contributed by atoms with Crippen LogP contribution in [0.25, 0.3) is 0 Å². The van der Waals surface area contributed by atoms with Gasteiger partial charge >= 0.3 is 10.2 Å². The molecule has 7 nitrogen and oxygen atoms in total. The Morgan fingerprint density at radius 2 is 1.38 bits per heavy atom. The molecule has 48 valence electrons. The molecule has 8 heteroatoms. The summed E-state index contributed by atoms with van der Waals surface area (Å²) in [5.41, 5.74) is 0. The minimum absolute atomic E-state index is 0. The van der Waals surface area contributed by atoms with Crippen LogP contribution in [-0.4, -0.2) is 10.2 Å². The van der Waals surface area contributed by atoms with Gasteiger partial charge in [-0.15, -0.1) is 20.2 Å². The Morgan fingerprint density at radius 3 is 1.38 bits per heavy atom. The summed E-state index contributed by atoms with van der Waals surface area (Å²) in [6.45, 7) is 0. The minimum atomic E-state index is -1.50. The van der Waals surface area contributed by atoms with Crippen LogP contribution in [0.5, 0.6) is 0 Å². The van der Waals surface area contributed by atoms with Gasteiger partial charge in [0, 0.05) is 22.0 Å². The molecular weight excluding hydrogens is 164 g/mol. The van der Waals surface area contributed by atoms with Crippen molar-refractivity contribution in [2.24, 2.45) is 0 Å². The molecule has 0 aliphatic heterocycles. The fourth-order valence-corrected chi connectivity index (χ4v) is 0.0544. The molecule has 0 fully saturated rings. The smallest absolute Gasteiger partial charge is 0.105 e. The number of hydrogen-bond acceptors (Lipinski definition) is 5. The topological polar surface area (TPSA) is 95.5 Å².